The molecule has 2 aromatic rings. The third-order valence-electron chi connectivity index (χ3n) is 2.43. The number of nitrogens with one attached hydrogen (secondary N) is 2. The van der Waals surface area contributed by atoms with Gasteiger partial charge in [0, 0.05) is 24.5 Å². The Kier molecular flexibility index (Phi) is 37.2. The summed E-state index contributed by atoms with van der Waals surface area (Å²) in [5, 5.41) is 23.0. The van der Waals surface area contributed by atoms with Gasteiger partial charge in [0.25, 0.3) is 0 Å². The Hall–Kier alpha value is -0.230. The summed E-state index contributed by atoms with van der Waals surface area (Å²) in [6.07, 6.45) is 0. The van der Waals surface area contributed by atoms with E-state index in [9.17, 15) is 0 Å². The quantitative estimate of drug-likeness (QED) is 0.0875. The number of para-hydroxylation sites is 2. The smallest absolute Gasteiger partial charge is 0.784 e. The summed E-state index contributed by atoms with van der Waals surface area (Å²) in [6.45, 7) is 1.58. The van der Waals surface area contributed by atoms with E-state index < -0.39 is 32.2 Å². The van der Waals surface area contributed by atoms with Gasteiger partial charge in [-0.25, -0.2) is 0 Å². The van der Waals surface area contributed by atoms with Gasteiger partial charge in [0.1, 0.15) is 0 Å². The van der Waals surface area contributed by atoms with E-state index in [1.165, 1.54) is 0 Å². The molecule has 198 valence electrons. The number of aliphatic hydroxyl groups is 2. The first-order chi connectivity index (χ1) is 15.6. The minimum atomic E-state index is -4.67. The fourth-order valence-corrected chi connectivity index (χ4v) is 1.51. The Morgan fingerprint density at radius 3 is 1.00 bits per heavy atom. The number of benzene rings is 2. The summed E-state index contributed by atoms with van der Waals surface area (Å²) < 4.78 is 88.5. The Labute approximate surface area is 256 Å². The van der Waals surface area contributed by atoms with Gasteiger partial charge in [0.15, 0.2) is 0 Å². The topological polar surface area (TPSA) is 277 Å². The van der Waals surface area contributed by atoms with Crippen molar-refractivity contribution in [3.05, 3.63) is 60.7 Å². The van der Waals surface area contributed by atoms with Crippen LogP contribution in [0.4, 0.5) is 11.4 Å². The van der Waals surface area contributed by atoms with E-state index in [-0.39, 0.29) is 72.3 Å². The van der Waals surface area contributed by atoms with E-state index >= 15 is 0 Å². The monoisotopic (exact) mass is 596 g/mol. The minimum Gasteiger partial charge on any atom is -0.784 e. The van der Waals surface area contributed by atoms with Gasteiger partial charge in [-0.2, -0.15) is 16.8 Å². The second kappa shape index (κ2) is 29.3. The summed E-state index contributed by atoms with van der Waals surface area (Å²) in [5.74, 6) is 0. The normalized spacial score (nSPS) is 9.36. The summed E-state index contributed by atoms with van der Waals surface area (Å²) in [7, 11) is -9.33. The van der Waals surface area contributed by atoms with Crippen LogP contribution in [0, 0.1) is 0 Å². The zero-order valence-electron chi connectivity index (χ0n) is 19.4. The molecule has 36 heavy (non-hydrogen) atoms. The average molecular weight is 597 g/mol. The van der Waals surface area contributed by atoms with E-state index in [1.807, 2.05) is 60.7 Å². The van der Waals surface area contributed by atoms with Crippen LogP contribution in [0.2, 0.25) is 0 Å². The second-order valence-electron chi connectivity index (χ2n) is 5.13. The van der Waals surface area contributed by atoms with Crippen LogP contribution in [0.25, 0.3) is 0 Å². The molecule has 0 bridgehead atoms. The second-order valence-corrected chi connectivity index (χ2v) is 7.33. The standard InChI is InChI=1S/2C8H11NO.2Na.2H2O4S.H2O3S/c2*10-7-6-9-8-4-2-1-3-5-8;;;2*1-5(2,3)4;1-4(2)3/h2*1-5,9-10H,6-7H2;;;2*(H2,1,2,3,4);(H2,1,2,3)/q;;2*+1;;;/p-2. The van der Waals surface area contributed by atoms with E-state index in [4.69, 9.17) is 58.6 Å². The molecule has 0 saturated carbocycles. The number of anilines is 2. The van der Waals surface area contributed by atoms with Gasteiger partial charge in [-0.1, -0.05) is 36.4 Å². The maximum atomic E-state index is 8.74. The molecule has 0 heterocycles. The molecule has 0 fully saturated rings. The Morgan fingerprint density at radius 1 is 0.639 bits per heavy atom. The van der Waals surface area contributed by atoms with Gasteiger partial charge >= 0.3 is 79.9 Å². The van der Waals surface area contributed by atoms with Gasteiger partial charge in [0.05, 0.1) is 13.2 Å². The molecule has 2 aromatic carbocycles. The van der Waals surface area contributed by atoms with Crippen LogP contribution in [0.3, 0.4) is 0 Å². The molecule has 0 radical (unpaired) electrons. The fraction of sp³-hybridized carbons (Fsp3) is 0.250. The molecule has 15 nitrogen and oxygen atoms in total. The van der Waals surface area contributed by atoms with Crippen molar-refractivity contribution >= 4 is 43.5 Å². The fourth-order valence-electron chi connectivity index (χ4n) is 1.51. The summed E-state index contributed by atoms with van der Waals surface area (Å²) in [5.41, 5.74) is 2.10. The number of rotatable bonds is 6. The Morgan fingerprint density at radius 2 is 0.833 bits per heavy atom. The maximum Gasteiger partial charge on any atom is 1.00 e. The van der Waals surface area contributed by atoms with Crippen LogP contribution in [-0.4, -0.2) is 84.9 Å². The van der Waals surface area contributed by atoms with E-state index in [1.54, 1.807) is 0 Å². The third kappa shape index (κ3) is 64.2. The van der Waals surface area contributed by atoms with Crippen molar-refractivity contribution in [1.29, 1.82) is 0 Å². The van der Waals surface area contributed by atoms with Gasteiger partial charge in [-0.3, -0.25) is 22.4 Å². The molecule has 2 rings (SSSR count). The van der Waals surface area contributed by atoms with Crippen molar-refractivity contribution in [2.75, 3.05) is 36.9 Å². The van der Waals surface area contributed by atoms with Crippen molar-refractivity contribution < 1.29 is 118 Å². The molecule has 0 saturated heterocycles. The van der Waals surface area contributed by atoms with Crippen molar-refractivity contribution in [1.82, 2.24) is 0 Å². The molecular weight excluding hydrogens is 570 g/mol. The predicted octanol–water partition coefficient (Wildman–Crippen LogP) is -6.12. The van der Waals surface area contributed by atoms with Gasteiger partial charge in [-0.15, -0.1) is 11.4 Å². The molecule has 0 aliphatic rings. The number of aliphatic hydroxyl groups excluding tert-OH is 2. The molecule has 0 unspecified atom stereocenters. The van der Waals surface area contributed by atoms with E-state index in [0.29, 0.717) is 13.1 Å². The first-order valence-corrected chi connectivity index (χ1v) is 12.4. The molecular formula is C16H26N2Na2O13S3. The Balaban J connectivity index is -0.000000116. The van der Waals surface area contributed by atoms with Crippen LogP contribution < -0.4 is 69.7 Å². The third-order valence-corrected chi connectivity index (χ3v) is 2.43. The molecule has 0 aliphatic carbocycles. The summed E-state index contributed by atoms with van der Waals surface area (Å²) in [4.78, 5) is 0. The maximum absolute atomic E-state index is 8.74. The van der Waals surface area contributed by atoms with Gasteiger partial charge in [-0.05, 0) is 24.3 Å². The van der Waals surface area contributed by atoms with E-state index in [0.717, 1.165) is 11.4 Å². The zero-order chi connectivity index (χ0) is 27.0. The Bertz CT molecular complexity index is 862. The van der Waals surface area contributed by atoms with Crippen LogP contribution in [0.15, 0.2) is 60.7 Å². The summed E-state index contributed by atoms with van der Waals surface area (Å²) in [6, 6.07) is 19.6. The SMILES string of the molecule is O=S(=O)(O)O.O=S(=O)(O)O.O=S([O-])[O-].OCCNc1ccccc1.OCCNc1ccccc1.[Na+].[Na+]. The molecule has 0 aromatic heterocycles. The molecule has 0 amide bonds. The molecule has 8 N–H and O–H groups in total. The largest absolute Gasteiger partial charge is 1.00 e. The molecule has 20 heteroatoms. The first kappa shape index (κ1) is 45.7. The average Bonchev–Trinajstić information content (AvgIpc) is 2.70. The van der Waals surface area contributed by atoms with E-state index in [2.05, 4.69) is 10.6 Å². The molecule has 0 atom stereocenters. The number of hydrogen-bond acceptors (Lipinski definition) is 11. The number of hydrogen-bond donors (Lipinski definition) is 8. The first-order valence-electron chi connectivity index (χ1n) is 8.56. The van der Waals surface area contributed by atoms with Gasteiger partial charge in [0.2, 0.25) is 0 Å². The zero-order valence-corrected chi connectivity index (χ0v) is 25.8. The van der Waals surface area contributed by atoms with Crippen molar-refractivity contribution in [3.63, 3.8) is 0 Å². The van der Waals surface area contributed by atoms with Crippen molar-refractivity contribution in [2.24, 2.45) is 0 Å². The predicted molar refractivity (Wildman–Crippen MR) is 122 cm³/mol. The van der Waals surface area contributed by atoms with Crippen LogP contribution in [0.1, 0.15) is 0 Å². The molecule has 0 aliphatic heterocycles. The van der Waals surface area contributed by atoms with Crippen LogP contribution >= 0.6 is 0 Å². The van der Waals surface area contributed by atoms with Crippen LogP contribution in [0.5, 0.6) is 0 Å². The van der Waals surface area contributed by atoms with Crippen molar-refractivity contribution in [3.8, 4) is 0 Å². The van der Waals surface area contributed by atoms with Gasteiger partial charge < -0.3 is 30.0 Å². The van der Waals surface area contributed by atoms with Crippen LogP contribution in [-0.2, 0) is 32.2 Å². The summed E-state index contributed by atoms with van der Waals surface area (Å²) >= 11 is -3.11. The molecule has 0 spiro atoms. The minimum absolute atomic E-state index is 0. The van der Waals surface area contributed by atoms with Crippen molar-refractivity contribution in [2.45, 2.75) is 0 Å².